The zero-order chi connectivity index (χ0) is 16.9. The molecule has 0 aliphatic carbocycles. The molecular weight excluding hydrogens is 302 g/mol. The highest BCUT2D eigenvalue weighted by Crippen LogP contribution is 2.12. The van der Waals surface area contributed by atoms with Gasteiger partial charge in [-0.1, -0.05) is 48.0 Å². The lowest BCUT2D eigenvalue weighted by Crippen LogP contribution is -2.24. The monoisotopic (exact) mass is 321 g/mol. The number of amides is 1. The van der Waals surface area contributed by atoms with Crippen molar-refractivity contribution in [3.8, 4) is 0 Å². The second-order valence-electron chi connectivity index (χ2n) is 5.81. The highest BCUT2D eigenvalue weighted by Gasteiger charge is 2.08. The minimum atomic E-state index is -0.222. The first-order valence-corrected chi connectivity index (χ1v) is 7.92. The maximum absolute atomic E-state index is 12.1. The van der Waals surface area contributed by atoms with Crippen LogP contribution in [0.3, 0.4) is 0 Å². The van der Waals surface area contributed by atoms with Crippen molar-refractivity contribution in [2.24, 2.45) is 0 Å². The lowest BCUT2D eigenvalue weighted by atomic mass is 10.1. The summed E-state index contributed by atoms with van der Waals surface area (Å²) in [5.74, 6) is -0.0337. The van der Waals surface area contributed by atoms with Crippen LogP contribution in [-0.4, -0.2) is 16.1 Å². The van der Waals surface area contributed by atoms with Gasteiger partial charge in [-0.05, 0) is 25.0 Å². The first kappa shape index (κ1) is 15.9. The van der Waals surface area contributed by atoms with E-state index in [1.54, 1.807) is 6.07 Å². The molecule has 3 rings (SSSR count). The fraction of sp³-hybridized carbons (Fsp3) is 0.211. The Morgan fingerprint density at radius 1 is 1.12 bits per heavy atom. The van der Waals surface area contributed by atoms with E-state index in [-0.39, 0.29) is 11.5 Å². The molecule has 5 heteroatoms. The highest BCUT2D eigenvalue weighted by molar-refractivity contribution is 5.84. The van der Waals surface area contributed by atoms with Gasteiger partial charge in [0, 0.05) is 11.8 Å². The molecule has 1 heterocycles. The van der Waals surface area contributed by atoms with Crippen LogP contribution in [0.15, 0.2) is 53.3 Å². The number of carbonyl (C=O) groups excluding carboxylic acids is 1. The summed E-state index contributed by atoms with van der Waals surface area (Å²) in [4.78, 5) is 23.8. The second-order valence-corrected chi connectivity index (χ2v) is 5.81. The van der Waals surface area contributed by atoms with E-state index < -0.39 is 0 Å². The molecule has 0 fully saturated rings. The van der Waals surface area contributed by atoms with E-state index >= 15 is 0 Å². The minimum Gasteiger partial charge on any atom is -0.350 e. The number of hydrogen-bond donors (Lipinski definition) is 2. The SMILES string of the molecule is Cc1cccc(CCC(=O)NCc2n[nH]c(=O)c3ccccc23)c1. The molecule has 0 atom stereocenters. The Morgan fingerprint density at radius 3 is 2.71 bits per heavy atom. The van der Waals surface area contributed by atoms with Crippen molar-refractivity contribution >= 4 is 16.7 Å². The molecule has 0 bridgehead atoms. The number of fused-ring (bicyclic) bond motifs is 1. The summed E-state index contributed by atoms with van der Waals surface area (Å²) in [6.07, 6.45) is 1.12. The summed E-state index contributed by atoms with van der Waals surface area (Å²) in [7, 11) is 0. The van der Waals surface area contributed by atoms with Crippen molar-refractivity contribution in [3.63, 3.8) is 0 Å². The van der Waals surface area contributed by atoms with Gasteiger partial charge in [-0.3, -0.25) is 9.59 Å². The van der Waals surface area contributed by atoms with E-state index in [4.69, 9.17) is 0 Å². The van der Waals surface area contributed by atoms with E-state index in [2.05, 4.69) is 21.6 Å². The van der Waals surface area contributed by atoms with Crippen molar-refractivity contribution in [3.05, 3.63) is 75.7 Å². The topological polar surface area (TPSA) is 74.8 Å². The summed E-state index contributed by atoms with van der Waals surface area (Å²) in [6, 6.07) is 15.4. The lowest BCUT2D eigenvalue weighted by molar-refractivity contribution is -0.121. The van der Waals surface area contributed by atoms with Crippen LogP contribution >= 0.6 is 0 Å². The second kappa shape index (κ2) is 7.08. The summed E-state index contributed by atoms with van der Waals surface area (Å²) < 4.78 is 0. The van der Waals surface area contributed by atoms with Crippen molar-refractivity contribution in [1.29, 1.82) is 0 Å². The summed E-state index contributed by atoms with van der Waals surface area (Å²) in [5.41, 5.74) is 2.78. The predicted octanol–water partition coefficient (Wildman–Crippen LogP) is 2.48. The average Bonchev–Trinajstić information content (AvgIpc) is 2.60. The Kier molecular flexibility index (Phi) is 4.70. The molecule has 2 aromatic carbocycles. The molecule has 3 aromatic rings. The molecule has 122 valence electrons. The summed E-state index contributed by atoms with van der Waals surface area (Å²) in [5, 5.41) is 10.7. The zero-order valence-corrected chi connectivity index (χ0v) is 13.5. The molecule has 0 radical (unpaired) electrons. The highest BCUT2D eigenvalue weighted by atomic mass is 16.1. The Bertz CT molecular complexity index is 931. The van der Waals surface area contributed by atoms with Crippen molar-refractivity contribution in [1.82, 2.24) is 15.5 Å². The van der Waals surface area contributed by atoms with Gasteiger partial charge in [0.05, 0.1) is 17.6 Å². The Morgan fingerprint density at radius 2 is 1.92 bits per heavy atom. The number of H-pyrrole nitrogens is 1. The van der Waals surface area contributed by atoms with Crippen LogP contribution in [0.5, 0.6) is 0 Å². The standard InChI is InChI=1S/C19H19N3O2/c1-13-5-4-6-14(11-13)9-10-18(23)20-12-17-15-7-2-3-8-16(15)19(24)22-21-17/h2-8,11H,9-10,12H2,1H3,(H,20,23)(H,22,24). The van der Waals surface area contributed by atoms with Gasteiger partial charge in [-0.2, -0.15) is 5.10 Å². The van der Waals surface area contributed by atoms with E-state index in [9.17, 15) is 9.59 Å². The number of nitrogens with zero attached hydrogens (tertiary/aromatic N) is 1. The van der Waals surface area contributed by atoms with Crippen LogP contribution in [0.4, 0.5) is 0 Å². The average molecular weight is 321 g/mol. The Balaban J connectivity index is 1.63. The quantitative estimate of drug-likeness (QED) is 0.758. The predicted molar refractivity (Wildman–Crippen MR) is 93.7 cm³/mol. The molecule has 0 saturated carbocycles. The molecular formula is C19H19N3O2. The molecule has 0 saturated heterocycles. The Labute approximate surface area is 139 Å². The van der Waals surface area contributed by atoms with Gasteiger partial charge >= 0.3 is 0 Å². The number of aromatic amines is 1. The van der Waals surface area contributed by atoms with E-state index in [0.29, 0.717) is 30.5 Å². The van der Waals surface area contributed by atoms with E-state index in [1.165, 1.54) is 5.56 Å². The van der Waals surface area contributed by atoms with Crippen LogP contribution in [-0.2, 0) is 17.8 Å². The molecule has 0 unspecified atom stereocenters. The van der Waals surface area contributed by atoms with Gasteiger partial charge in [0.1, 0.15) is 0 Å². The molecule has 5 nitrogen and oxygen atoms in total. The van der Waals surface area contributed by atoms with Gasteiger partial charge in [-0.15, -0.1) is 0 Å². The van der Waals surface area contributed by atoms with Crippen molar-refractivity contribution in [2.75, 3.05) is 0 Å². The van der Waals surface area contributed by atoms with Crippen molar-refractivity contribution in [2.45, 2.75) is 26.3 Å². The number of carbonyl (C=O) groups is 1. The van der Waals surface area contributed by atoms with Gasteiger partial charge in [0.2, 0.25) is 5.91 Å². The van der Waals surface area contributed by atoms with Crippen LogP contribution in [0, 0.1) is 6.92 Å². The van der Waals surface area contributed by atoms with Gasteiger partial charge in [-0.25, -0.2) is 5.10 Å². The Hall–Kier alpha value is -2.95. The zero-order valence-electron chi connectivity index (χ0n) is 13.5. The molecule has 0 aliphatic heterocycles. The summed E-state index contributed by atoms with van der Waals surface area (Å²) >= 11 is 0. The first-order valence-electron chi connectivity index (χ1n) is 7.92. The normalized spacial score (nSPS) is 10.7. The van der Waals surface area contributed by atoms with Crippen LogP contribution in [0.1, 0.15) is 23.2 Å². The van der Waals surface area contributed by atoms with Gasteiger partial charge in [0.15, 0.2) is 0 Å². The smallest absolute Gasteiger partial charge is 0.272 e. The maximum atomic E-state index is 12.1. The van der Waals surface area contributed by atoms with Gasteiger partial charge in [0.25, 0.3) is 5.56 Å². The molecule has 1 amide bonds. The maximum Gasteiger partial charge on any atom is 0.272 e. The van der Waals surface area contributed by atoms with E-state index in [0.717, 1.165) is 10.9 Å². The number of aromatic nitrogens is 2. The molecule has 1 aromatic heterocycles. The first-order chi connectivity index (χ1) is 11.6. The minimum absolute atomic E-state index is 0.0337. The largest absolute Gasteiger partial charge is 0.350 e. The third-order valence-electron chi connectivity index (χ3n) is 3.95. The van der Waals surface area contributed by atoms with Crippen LogP contribution in [0.25, 0.3) is 10.8 Å². The van der Waals surface area contributed by atoms with Crippen molar-refractivity contribution < 1.29 is 4.79 Å². The third-order valence-corrected chi connectivity index (χ3v) is 3.95. The third kappa shape index (κ3) is 3.68. The number of hydrogen-bond acceptors (Lipinski definition) is 3. The number of aryl methyl sites for hydroxylation is 2. The van der Waals surface area contributed by atoms with E-state index in [1.807, 2.05) is 43.3 Å². The lowest BCUT2D eigenvalue weighted by Gasteiger charge is -2.07. The fourth-order valence-corrected chi connectivity index (χ4v) is 2.70. The summed E-state index contributed by atoms with van der Waals surface area (Å²) in [6.45, 7) is 2.33. The molecule has 2 N–H and O–H groups in total. The number of nitrogens with one attached hydrogen (secondary N) is 2. The number of benzene rings is 2. The molecule has 24 heavy (non-hydrogen) atoms. The molecule has 0 spiro atoms. The van der Waals surface area contributed by atoms with Gasteiger partial charge < -0.3 is 5.32 Å². The molecule has 0 aliphatic rings. The van der Waals surface area contributed by atoms with Crippen LogP contribution < -0.4 is 10.9 Å². The van der Waals surface area contributed by atoms with Crippen LogP contribution in [0.2, 0.25) is 0 Å². The fourth-order valence-electron chi connectivity index (χ4n) is 2.70. The number of rotatable bonds is 5.